The Bertz CT molecular complexity index is 707. The number of hydrogen-bond acceptors (Lipinski definition) is 6. The minimum Gasteiger partial charge on any atom is -0.350 e. The van der Waals surface area contributed by atoms with E-state index in [1.165, 1.54) is 11.8 Å². The second-order valence-corrected chi connectivity index (χ2v) is 7.07. The average Bonchev–Trinajstić information content (AvgIpc) is 2.97. The molecule has 1 N–H and O–H groups in total. The Labute approximate surface area is 137 Å². The topological polar surface area (TPSA) is 78.7 Å². The minimum atomic E-state index is -0.333. The van der Waals surface area contributed by atoms with Crippen LogP contribution in [-0.4, -0.2) is 21.1 Å². The molecular formula is C15H16N4OS2. The van der Waals surface area contributed by atoms with Crippen molar-refractivity contribution < 1.29 is 4.79 Å². The van der Waals surface area contributed by atoms with Gasteiger partial charge < -0.3 is 5.32 Å². The lowest BCUT2D eigenvalue weighted by Crippen LogP contribution is -2.30. The molecule has 0 saturated heterocycles. The number of nitrogens with zero attached hydrogens (tertiary/aromatic N) is 3. The monoisotopic (exact) mass is 332 g/mol. The summed E-state index contributed by atoms with van der Waals surface area (Å²) < 4.78 is 0. The van der Waals surface area contributed by atoms with E-state index in [2.05, 4.69) is 21.4 Å². The zero-order valence-electron chi connectivity index (χ0n) is 12.6. The van der Waals surface area contributed by atoms with Crippen LogP contribution >= 0.6 is 23.1 Å². The van der Waals surface area contributed by atoms with Gasteiger partial charge in [0.1, 0.15) is 22.5 Å². The van der Waals surface area contributed by atoms with Crippen LogP contribution in [0.15, 0.2) is 22.5 Å². The van der Waals surface area contributed by atoms with Crippen LogP contribution in [0.3, 0.4) is 0 Å². The molecule has 2 rings (SSSR count). The first-order valence-electron chi connectivity index (χ1n) is 6.73. The maximum absolute atomic E-state index is 12.2. The first kappa shape index (κ1) is 16.5. The van der Waals surface area contributed by atoms with Crippen LogP contribution < -0.4 is 5.32 Å². The van der Waals surface area contributed by atoms with Gasteiger partial charge in [0.15, 0.2) is 0 Å². The molecule has 114 valence electrons. The summed E-state index contributed by atoms with van der Waals surface area (Å²) in [6.07, 6.45) is 0. The number of carbonyl (C=O) groups is 1. The fraction of sp³-hybridized carbons (Fsp3) is 0.333. The van der Waals surface area contributed by atoms with Gasteiger partial charge in [-0.15, -0.1) is 11.3 Å². The molecule has 1 atom stereocenters. The molecule has 1 unspecified atom stereocenters. The van der Waals surface area contributed by atoms with Crippen LogP contribution in [0, 0.1) is 25.2 Å². The van der Waals surface area contributed by atoms with Gasteiger partial charge in [-0.25, -0.2) is 9.97 Å². The lowest BCUT2D eigenvalue weighted by molar-refractivity contribution is -0.120. The molecule has 0 aromatic carbocycles. The van der Waals surface area contributed by atoms with Crippen molar-refractivity contribution in [3.05, 3.63) is 39.5 Å². The zero-order valence-corrected chi connectivity index (χ0v) is 14.2. The van der Waals surface area contributed by atoms with E-state index >= 15 is 0 Å². The number of carbonyl (C=O) groups excluding carboxylic acids is 1. The summed E-state index contributed by atoms with van der Waals surface area (Å²) in [5.74, 6) is 0.529. The molecule has 0 aliphatic carbocycles. The van der Waals surface area contributed by atoms with E-state index < -0.39 is 0 Å². The number of nitrogens with one attached hydrogen (secondary N) is 1. The van der Waals surface area contributed by atoms with Gasteiger partial charge in [0.2, 0.25) is 5.91 Å². The van der Waals surface area contributed by atoms with Crippen molar-refractivity contribution in [2.75, 3.05) is 0 Å². The van der Waals surface area contributed by atoms with Crippen molar-refractivity contribution in [2.24, 2.45) is 0 Å². The lowest BCUT2D eigenvalue weighted by atomic mass is 10.3. The van der Waals surface area contributed by atoms with Crippen molar-refractivity contribution in [1.82, 2.24) is 15.3 Å². The third-order valence-corrected chi connectivity index (χ3v) is 4.92. The van der Waals surface area contributed by atoms with E-state index in [4.69, 9.17) is 0 Å². The van der Waals surface area contributed by atoms with Crippen molar-refractivity contribution >= 4 is 29.0 Å². The summed E-state index contributed by atoms with van der Waals surface area (Å²) in [7, 11) is 0. The quantitative estimate of drug-likeness (QED) is 0.673. The summed E-state index contributed by atoms with van der Waals surface area (Å²) in [6.45, 7) is 5.88. The summed E-state index contributed by atoms with van der Waals surface area (Å²) in [4.78, 5) is 21.7. The summed E-state index contributed by atoms with van der Waals surface area (Å²) in [5.41, 5.74) is 1.08. The summed E-state index contributed by atoms with van der Waals surface area (Å²) in [5, 5.41) is 14.3. The van der Waals surface area contributed by atoms with E-state index in [0.29, 0.717) is 28.7 Å². The SMILES string of the molecule is Cc1nc(C)c(C#N)c(SC(C)C(=O)NCc2cccs2)n1. The average molecular weight is 332 g/mol. The predicted molar refractivity (Wildman–Crippen MR) is 87.7 cm³/mol. The number of hydrogen-bond donors (Lipinski definition) is 1. The highest BCUT2D eigenvalue weighted by atomic mass is 32.2. The van der Waals surface area contributed by atoms with Crippen molar-refractivity contribution in [3.8, 4) is 6.07 Å². The second kappa shape index (κ2) is 7.38. The molecule has 0 spiro atoms. The molecule has 2 aromatic rings. The molecule has 0 aliphatic heterocycles. The van der Waals surface area contributed by atoms with Crippen molar-refractivity contribution in [2.45, 2.75) is 37.6 Å². The number of rotatable bonds is 5. The highest BCUT2D eigenvalue weighted by Crippen LogP contribution is 2.26. The van der Waals surface area contributed by atoms with Gasteiger partial charge in [0.25, 0.3) is 0 Å². The summed E-state index contributed by atoms with van der Waals surface area (Å²) in [6, 6.07) is 6.05. The van der Waals surface area contributed by atoms with Gasteiger partial charge in [-0.05, 0) is 32.2 Å². The number of thioether (sulfide) groups is 1. The van der Waals surface area contributed by atoms with Gasteiger partial charge >= 0.3 is 0 Å². The van der Waals surface area contributed by atoms with Gasteiger partial charge in [0.05, 0.1) is 17.5 Å². The molecule has 0 fully saturated rings. The Morgan fingerprint density at radius 3 is 2.91 bits per heavy atom. The first-order valence-corrected chi connectivity index (χ1v) is 8.49. The fourth-order valence-electron chi connectivity index (χ4n) is 1.85. The predicted octanol–water partition coefficient (Wildman–Crippen LogP) is 2.82. The number of aryl methyl sites for hydroxylation is 2. The largest absolute Gasteiger partial charge is 0.350 e. The molecule has 7 heteroatoms. The Hall–Kier alpha value is -1.91. The fourth-order valence-corrected chi connectivity index (χ4v) is 3.51. The Balaban J connectivity index is 2.04. The van der Waals surface area contributed by atoms with E-state index in [-0.39, 0.29) is 11.2 Å². The molecule has 2 aromatic heterocycles. The number of aromatic nitrogens is 2. The van der Waals surface area contributed by atoms with Crippen LogP contribution in [0.5, 0.6) is 0 Å². The smallest absolute Gasteiger partial charge is 0.233 e. The molecule has 2 heterocycles. The van der Waals surface area contributed by atoms with Crippen LogP contribution in [0.25, 0.3) is 0 Å². The molecule has 0 bridgehead atoms. The maximum atomic E-state index is 12.2. The van der Waals surface area contributed by atoms with Crippen LogP contribution in [0.4, 0.5) is 0 Å². The van der Waals surface area contributed by atoms with Gasteiger partial charge in [-0.2, -0.15) is 5.26 Å². The zero-order chi connectivity index (χ0) is 16.1. The first-order chi connectivity index (χ1) is 10.5. The molecule has 0 saturated carbocycles. The lowest BCUT2D eigenvalue weighted by Gasteiger charge is -2.12. The van der Waals surface area contributed by atoms with Crippen molar-refractivity contribution in [1.29, 1.82) is 5.26 Å². The summed E-state index contributed by atoms with van der Waals surface area (Å²) >= 11 is 2.89. The van der Waals surface area contributed by atoms with Crippen LogP contribution in [-0.2, 0) is 11.3 Å². The Morgan fingerprint density at radius 2 is 2.27 bits per heavy atom. The van der Waals surface area contributed by atoms with Crippen LogP contribution in [0.2, 0.25) is 0 Å². The number of amides is 1. The van der Waals surface area contributed by atoms with Gasteiger partial charge in [-0.3, -0.25) is 4.79 Å². The van der Waals surface area contributed by atoms with E-state index in [1.807, 2.05) is 24.4 Å². The molecule has 1 amide bonds. The third-order valence-electron chi connectivity index (χ3n) is 2.95. The molecule has 0 radical (unpaired) electrons. The molecule has 0 aliphatic rings. The van der Waals surface area contributed by atoms with Crippen LogP contribution in [0.1, 0.15) is 28.9 Å². The highest BCUT2D eigenvalue weighted by molar-refractivity contribution is 8.00. The minimum absolute atomic E-state index is 0.0730. The Kier molecular flexibility index (Phi) is 5.52. The van der Waals surface area contributed by atoms with E-state index in [1.54, 1.807) is 25.2 Å². The normalized spacial score (nSPS) is 11.7. The van der Waals surface area contributed by atoms with Gasteiger partial charge in [-0.1, -0.05) is 17.8 Å². The number of thiophene rings is 1. The second-order valence-electron chi connectivity index (χ2n) is 4.71. The Morgan fingerprint density at radius 1 is 1.50 bits per heavy atom. The third kappa shape index (κ3) is 4.06. The maximum Gasteiger partial charge on any atom is 0.233 e. The molecular weight excluding hydrogens is 316 g/mol. The van der Waals surface area contributed by atoms with Gasteiger partial charge in [0, 0.05) is 4.88 Å². The number of nitriles is 1. The van der Waals surface area contributed by atoms with Crippen molar-refractivity contribution in [3.63, 3.8) is 0 Å². The highest BCUT2D eigenvalue weighted by Gasteiger charge is 2.19. The molecule has 5 nitrogen and oxygen atoms in total. The van der Waals surface area contributed by atoms with E-state index in [9.17, 15) is 10.1 Å². The van der Waals surface area contributed by atoms with E-state index in [0.717, 1.165) is 4.88 Å². The standard InChI is InChI=1S/C15H16N4OS2/c1-9-13(7-16)15(19-11(3)18-9)22-10(2)14(20)17-8-12-5-4-6-21-12/h4-6,10H,8H2,1-3H3,(H,17,20). The molecule has 22 heavy (non-hydrogen) atoms.